The molecular weight excluding hydrogens is 636 g/mol. The van der Waals surface area contributed by atoms with E-state index in [0.29, 0.717) is 38.9 Å². The van der Waals surface area contributed by atoms with Crippen LogP contribution in [0.3, 0.4) is 0 Å². The van der Waals surface area contributed by atoms with Gasteiger partial charge in [-0.05, 0) is 60.7 Å². The Balaban J connectivity index is 1.54. The highest BCUT2D eigenvalue weighted by Crippen LogP contribution is 2.65. The first kappa shape index (κ1) is 39.3. The van der Waals surface area contributed by atoms with Gasteiger partial charge in [0.2, 0.25) is 23.5 Å². The first-order valence-electron chi connectivity index (χ1n) is 19.0. The van der Waals surface area contributed by atoms with Gasteiger partial charge in [0.05, 0.1) is 12.1 Å². The lowest BCUT2D eigenvalue weighted by Crippen LogP contribution is -2.62. The predicted molar refractivity (Wildman–Crippen MR) is 192 cm³/mol. The van der Waals surface area contributed by atoms with E-state index in [-0.39, 0.29) is 53.0 Å². The minimum Gasteiger partial charge on any atom is -0.346 e. The number of urea groups is 1. The van der Waals surface area contributed by atoms with Crippen LogP contribution in [0, 0.1) is 28.6 Å². The van der Waals surface area contributed by atoms with E-state index in [1.165, 1.54) is 6.08 Å². The molecule has 2 heterocycles. The Hall–Kier alpha value is -3.44. The van der Waals surface area contributed by atoms with Crippen LogP contribution in [0.5, 0.6) is 0 Å². The van der Waals surface area contributed by atoms with Gasteiger partial charge in [0.1, 0.15) is 12.1 Å². The lowest BCUT2D eigenvalue weighted by atomic mass is 9.83. The molecule has 1 unspecified atom stereocenters. The number of ketones is 1. The van der Waals surface area contributed by atoms with Crippen LogP contribution in [0.25, 0.3) is 0 Å². The summed E-state index contributed by atoms with van der Waals surface area (Å²) in [5.41, 5.74) is -0.515. The zero-order valence-corrected chi connectivity index (χ0v) is 31.3. The maximum Gasteiger partial charge on any atom is 0.315 e. The zero-order chi connectivity index (χ0) is 36.8. The second kappa shape index (κ2) is 16.7. The van der Waals surface area contributed by atoms with E-state index in [1.807, 2.05) is 32.6 Å². The highest BCUT2D eigenvalue weighted by Gasteiger charge is 2.69. The van der Waals surface area contributed by atoms with Crippen molar-refractivity contribution in [1.29, 1.82) is 0 Å². The number of Topliss-reactive ketones (excluding diaryl/α,β-unsaturated/α-hetero) is 1. The number of hydrogen-bond acceptors (Lipinski definition) is 6. The Bertz CT molecular complexity index is 1290. The minimum absolute atomic E-state index is 0.0835. The number of carbonyl (C=O) groups is 6. The molecule has 2 aliphatic heterocycles. The second-order valence-electron chi connectivity index (χ2n) is 16.7. The molecule has 2 saturated carbocycles. The summed E-state index contributed by atoms with van der Waals surface area (Å²) < 4.78 is 0. The zero-order valence-electron chi connectivity index (χ0n) is 31.3. The third-order valence-electron chi connectivity index (χ3n) is 11.7. The topological polar surface area (TPSA) is 157 Å². The number of carbonyl (C=O) groups excluding carboxylic acids is 6. The minimum atomic E-state index is -1.01. The van der Waals surface area contributed by atoms with Crippen molar-refractivity contribution in [1.82, 2.24) is 31.1 Å². The largest absolute Gasteiger partial charge is 0.346 e. The van der Waals surface area contributed by atoms with Gasteiger partial charge in [0.15, 0.2) is 0 Å². The maximum absolute atomic E-state index is 14.6. The summed E-state index contributed by atoms with van der Waals surface area (Å²) in [5.74, 6) is -2.19. The third-order valence-corrected chi connectivity index (χ3v) is 11.7. The Morgan fingerprint density at radius 1 is 1.00 bits per heavy atom. The van der Waals surface area contributed by atoms with Gasteiger partial charge in [-0.1, -0.05) is 79.7 Å². The molecule has 2 aliphatic carbocycles. The standard InChI is InChI=1S/C38H62N6O6/c1-8-10-18-26(32(46)34(48)39-20-9-2)40-33(47)31-29-25(38(29,6)7)22-44(31)35(49)30(24-16-12-11-13-17-24)42-36(50)41-27(37(3,4)5)23-43-21-15-14-19-28(43)45/h9,24-27,29-31H,2,8,10-23H2,1,3-7H3,(H,39,48)(H,40,47)(H2,41,42,50)/t25-,26?,27+,29-,30-,31-/m0/s1. The number of unbranched alkanes of at least 4 members (excludes halogenated alkanes) is 1. The quantitative estimate of drug-likeness (QED) is 0.151. The van der Waals surface area contributed by atoms with Crippen LogP contribution in [0.15, 0.2) is 12.7 Å². The molecule has 0 aromatic heterocycles. The van der Waals surface area contributed by atoms with Gasteiger partial charge < -0.3 is 31.1 Å². The van der Waals surface area contributed by atoms with Gasteiger partial charge in [0.25, 0.3) is 5.91 Å². The normalized spacial score (nSPS) is 25.1. The summed E-state index contributed by atoms with van der Waals surface area (Å²) in [6.45, 7) is 17.4. The molecular formula is C38H62N6O6. The molecule has 0 bridgehead atoms. The van der Waals surface area contributed by atoms with E-state index in [4.69, 9.17) is 0 Å². The molecule has 0 aromatic carbocycles. The first-order valence-corrected chi connectivity index (χ1v) is 19.0. The molecule has 0 radical (unpaired) electrons. The predicted octanol–water partition coefficient (Wildman–Crippen LogP) is 3.69. The highest BCUT2D eigenvalue weighted by molar-refractivity contribution is 6.38. The summed E-state index contributed by atoms with van der Waals surface area (Å²) in [4.78, 5) is 84.4. The average molecular weight is 699 g/mol. The fraction of sp³-hybridized carbons (Fsp3) is 0.789. The number of nitrogens with one attached hydrogen (secondary N) is 4. The van der Waals surface area contributed by atoms with E-state index in [2.05, 4.69) is 41.7 Å². The van der Waals surface area contributed by atoms with E-state index in [9.17, 15) is 28.8 Å². The molecule has 4 N–H and O–H groups in total. The molecule has 6 atom stereocenters. The summed E-state index contributed by atoms with van der Waals surface area (Å²) in [7, 11) is 0. The molecule has 4 fully saturated rings. The smallest absolute Gasteiger partial charge is 0.315 e. The monoisotopic (exact) mass is 698 g/mol. The maximum atomic E-state index is 14.6. The number of rotatable bonds is 15. The molecule has 12 heteroatoms. The van der Waals surface area contributed by atoms with Crippen molar-refractivity contribution in [3.05, 3.63) is 12.7 Å². The number of fused-ring (bicyclic) bond motifs is 1. The molecule has 50 heavy (non-hydrogen) atoms. The lowest BCUT2D eigenvalue weighted by Gasteiger charge is -2.39. The number of hydrogen-bond donors (Lipinski definition) is 4. The van der Waals surface area contributed by atoms with Crippen molar-refractivity contribution in [3.8, 4) is 0 Å². The molecule has 2 saturated heterocycles. The fourth-order valence-corrected chi connectivity index (χ4v) is 8.34. The fourth-order valence-electron chi connectivity index (χ4n) is 8.34. The Morgan fingerprint density at radius 2 is 1.70 bits per heavy atom. The van der Waals surface area contributed by atoms with Crippen LogP contribution in [0.1, 0.15) is 112 Å². The summed E-state index contributed by atoms with van der Waals surface area (Å²) in [6, 6.07) is -3.46. The number of amides is 6. The van der Waals surface area contributed by atoms with Crippen molar-refractivity contribution in [2.45, 2.75) is 136 Å². The first-order chi connectivity index (χ1) is 23.6. The van der Waals surface area contributed by atoms with Crippen LogP contribution in [-0.4, -0.2) is 95.6 Å². The van der Waals surface area contributed by atoms with Crippen molar-refractivity contribution in [2.75, 3.05) is 26.2 Å². The van der Waals surface area contributed by atoms with Crippen LogP contribution in [0.4, 0.5) is 4.79 Å². The SMILES string of the molecule is C=CCNC(=O)C(=O)C(CCCC)NC(=O)[C@@H]1[C@@H]2[C@H](CN1C(=O)[C@@H](NC(=O)N[C@H](CN1CCCCC1=O)C(C)(C)C)C1CCCCC1)C2(C)C. The van der Waals surface area contributed by atoms with Gasteiger partial charge in [0, 0.05) is 32.6 Å². The number of piperidine rings is 2. The van der Waals surface area contributed by atoms with Gasteiger partial charge in [-0.25, -0.2) is 4.79 Å². The number of nitrogens with zero attached hydrogens (tertiary/aromatic N) is 2. The summed E-state index contributed by atoms with van der Waals surface area (Å²) >= 11 is 0. The molecule has 280 valence electrons. The van der Waals surface area contributed by atoms with Crippen LogP contribution < -0.4 is 21.3 Å². The van der Waals surface area contributed by atoms with Gasteiger partial charge in [-0.3, -0.25) is 24.0 Å². The Labute approximate surface area is 298 Å². The van der Waals surface area contributed by atoms with Crippen molar-refractivity contribution in [3.63, 3.8) is 0 Å². The lowest BCUT2D eigenvalue weighted by molar-refractivity contribution is -0.144. The van der Waals surface area contributed by atoms with Gasteiger partial charge in [-0.2, -0.15) is 0 Å². The molecule has 0 aromatic rings. The van der Waals surface area contributed by atoms with Crippen molar-refractivity contribution in [2.24, 2.45) is 28.6 Å². The van der Waals surface area contributed by atoms with E-state index in [1.54, 1.807) is 4.90 Å². The van der Waals surface area contributed by atoms with Crippen LogP contribution in [0.2, 0.25) is 0 Å². The van der Waals surface area contributed by atoms with Gasteiger partial charge in [-0.15, -0.1) is 6.58 Å². The molecule has 4 rings (SSSR count). The Kier molecular flexibility index (Phi) is 13.2. The van der Waals surface area contributed by atoms with E-state index >= 15 is 0 Å². The summed E-state index contributed by atoms with van der Waals surface area (Å²) in [5, 5.41) is 11.6. The molecule has 6 amide bonds. The van der Waals surface area contributed by atoms with E-state index in [0.717, 1.165) is 51.4 Å². The Morgan fingerprint density at radius 3 is 2.32 bits per heavy atom. The van der Waals surface area contributed by atoms with Crippen molar-refractivity contribution >= 4 is 35.4 Å². The van der Waals surface area contributed by atoms with Crippen LogP contribution in [-0.2, 0) is 24.0 Å². The number of likely N-dealkylation sites (tertiary alicyclic amines) is 2. The van der Waals surface area contributed by atoms with Gasteiger partial charge >= 0.3 is 6.03 Å². The molecule has 4 aliphatic rings. The summed E-state index contributed by atoms with van der Waals surface area (Å²) in [6.07, 6.45) is 10.1. The third kappa shape index (κ3) is 9.26. The highest BCUT2D eigenvalue weighted by atomic mass is 16.2. The average Bonchev–Trinajstić information content (AvgIpc) is 3.38. The van der Waals surface area contributed by atoms with Crippen LogP contribution >= 0.6 is 0 Å². The molecule has 0 spiro atoms. The second-order valence-corrected chi connectivity index (χ2v) is 16.7. The molecule has 12 nitrogen and oxygen atoms in total. The van der Waals surface area contributed by atoms with Crippen molar-refractivity contribution < 1.29 is 28.8 Å². The van der Waals surface area contributed by atoms with E-state index < -0.39 is 41.8 Å².